The van der Waals surface area contributed by atoms with Crippen LogP contribution in [0.5, 0.6) is 0 Å². The molecule has 0 bridgehead atoms. The molecule has 1 aliphatic heterocycles. The molecule has 3 aromatic rings. The molecule has 3 N–H and O–H groups in total. The van der Waals surface area contributed by atoms with Crippen molar-refractivity contribution < 1.29 is 19.0 Å². The second-order valence-corrected chi connectivity index (χ2v) is 10.6. The Morgan fingerprint density at radius 3 is 2.55 bits per heavy atom. The molecule has 11 heteroatoms. The largest absolute Gasteiger partial charge is 0.375 e. The number of ether oxygens (including phenoxy) is 3. The van der Waals surface area contributed by atoms with Crippen LogP contribution in [-0.4, -0.2) is 56.2 Å². The zero-order chi connectivity index (χ0) is 26.1. The summed E-state index contributed by atoms with van der Waals surface area (Å²) in [6, 6.07) is 4.07. The van der Waals surface area contributed by atoms with Crippen LogP contribution in [0.3, 0.4) is 0 Å². The molecule has 1 saturated heterocycles. The topological polar surface area (TPSA) is 131 Å². The Bertz CT molecular complexity index is 1200. The summed E-state index contributed by atoms with van der Waals surface area (Å²) in [6.07, 6.45) is 6.88. The first-order valence-electron chi connectivity index (χ1n) is 12.3. The van der Waals surface area contributed by atoms with Crippen LogP contribution in [0.1, 0.15) is 92.3 Å². The van der Waals surface area contributed by atoms with Gasteiger partial charge >= 0.3 is 0 Å². The molecule has 5 rings (SSSR count). The average Bonchev–Trinajstić information content (AvgIpc) is 3.23. The van der Waals surface area contributed by atoms with Gasteiger partial charge in [0.15, 0.2) is 5.82 Å². The maximum Gasteiger partial charge on any atom is 0.204 e. The van der Waals surface area contributed by atoms with Crippen molar-refractivity contribution in [2.24, 2.45) is 5.73 Å². The molecule has 1 aliphatic carbocycles. The summed E-state index contributed by atoms with van der Waals surface area (Å²) in [4.78, 5) is 13.2. The summed E-state index contributed by atoms with van der Waals surface area (Å²) < 4.78 is 21.6. The number of carbonyl (C=O) groups excluding carboxylic acids is 1. The van der Waals surface area contributed by atoms with E-state index in [4.69, 9.17) is 24.1 Å². The first-order valence-corrected chi connectivity index (χ1v) is 12.3. The molecule has 1 saturated carbocycles. The van der Waals surface area contributed by atoms with Gasteiger partial charge in [0.25, 0.3) is 0 Å². The number of aromatic nitrogens is 5. The molecule has 3 aromatic heterocycles. The molecule has 3 unspecified atom stereocenters. The van der Waals surface area contributed by atoms with Gasteiger partial charge in [-0.15, -0.1) is 0 Å². The minimum atomic E-state index is -0.225. The summed E-state index contributed by atoms with van der Waals surface area (Å²) >= 11 is 0. The van der Waals surface area contributed by atoms with E-state index in [2.05, 4.69) is 54.9 Å². The fourth-order valence-electron chi connectivity index (χ4n) is 4.22. The maximum atomic E-state index is 8.58. The third-order valence-corrected chi connectivity index (χ3v) is 6.48. The van der Waals surface area contributed by atoms with Crippen molar-refractivity contribution in [1.29, 1.82) is 0 Å². The van der Waals surface area contributed by atoms with Crippen LogP contribution >= 0.6 is 0 Å². The molecule has 11 nitrogen and oxygen atoms in total. The van der Waals surface area contributed by atoms with Crippen molar-refractivity contribution in [3.63, 3.8) is 0 Å². The average molecular weight is 532 g/mol. The Morgan fingerprint density at radius 2 is 1.95 bits per heavy atom. The molecule has 212 valence electrons. The zero-order valence-corrected chi connectivity index (χ0v) is 21.9. The third-order valence-electron chi connectivity index (χ3n) is 6.48. The lowest BCUT2D eigenvalue weighted by atomic mass is 10.1. The number of nitrogens with zero attached hydrogens (tertiary/aromatic N) is 5. The molecule has 2 aliphatic rings. The van der Waals surface area contributed by atoms with Gasteiger partial charge in [0.05, 0.1) is 41.3 Å². The number of nitrogens with one attached hydrogen (secondary N) is 1. The number of anilines is 2. The van der Waals surface area contributed by atoms with Crippen LogP contribution in [-0.2, 0) is 24.5 Å². The first-order chi connectivity index (χ1) is 17.1. The van der Waals surface area contributed by atoms with E-state index in [0.717, 1.165) is 42.0 Å². The Labute approximate surface area is 226 Å². The van der Waals surface area contributed by atoms with E-state index in [-0.39, 0.29) is 50.7 Å². The van der Waals surface area contributed by atoms with Gasteiger partial charge in [-0.25, -0.2) is 14.2 Å². The lowest BCUT2D eigenvalue weighted by Gasteiger charge is -2.22. The van der Waals surface area contributed by atoms with E-state index in [1.54, 1.807) is 13.3 Å². The SMILES string of the molecule is C.C.COC(C)c1cc2c(Nc3cc(C4CC(OC5(C)CC5)CO4)nn3C(C)(C)C)nccn2n1.NC=O. The van der Waals surface area contributed by atoms with E-state index in [1.165, 1.54) is 0 Å². The molecule has 2 fully saturated rings. The maximum absolute atomic E-state index is 8.58. The number of amides is 1. The van der Waals surface area contributed by atoms with Crippen molar-refractivity contribution in [2.45, 2.75) is 98.2 Å². The molecule has 0 radical (unpaired) electrons. The lowest BCUT2D eigenvalue weighted by Crippen LogP contribution is -2.25. The standard InChI is InChI=1S/C24H34N6O3.CH3NO.2CH4/c1-15(31-6)17-12-19-22(25-9-10-29(19)27-17)26-21-13-18(28-30(21)23(2,3)4)20-11-16(14-32-20)33-24(5)7-8-24;2-1-3;;/h9-10,12-13,15-16,20H,7-8,11,14H2,1-6H3,(H,25,26);1H,(H2,2,3);2*1H4. The highest BCUT2D eigenvalue weighted by Crippen LogP contribution is 2.43. The molecule has 3 atom stereocenters. The number of fused-ring (bicyclic) bond motifs is 1. The first kappa shape index (κ1) is 31.2. The predicted molar refractivity (Wildman–Crippen MR) is 148 cm³/mol. The Balaban J connectivity index is 0.000000969. The van der Waals surface area contributed by atoms with E-state index in [9.17, 15) is 0 Å². The van der Waals surface area contributed by atoms with E-state index in [1.807, 2.05) is 28.4 Å². The number of methoxy groups -OCH3 is 1. The van der Waals surface area contributed by atoms with E-state index < -0.39 is 0 Å². The second kappa shape index (κ2) is 12.2. The van der Waals surface area contributed by atoms with Crippen molar-refractivity contribution in [2.75, 3.05) is 19.0 Å². The highest BCUT2D eigenvalue weighted by atomic mass is 16.6. The van der Waals surface area contributed by atoms with Crippen LogP contribution < -0.4 is 11.1 Å². The quantitative estimate of drug-likeness (QED) is 0.412. The number of hydrogen-bond donors (Lipinski definition) is 2. The molecule has 4 heterocycles. The number of carbonyl (C=O) groups is 1. The normalized spacial score (nSPS) is 20.5. The lowest BCUT2D eigenvalue weighted by molar-refractivity contribution is -0.106. The fraction of sp³-hybridized carbons (Fsp3) is 0.630. The molecule has 38 heavy (non-hydrogen) atoms. The molecule has 1 amide bonds. The Hall–Kier alpha value is -3.02. The van der Waals surface area contributed by atoms with Crippen LogP contribution in [0, 0.1) is 0 Å². The van der Waals surface area contributed by atoms with Crippen LogP contribution in [0.2, 0.25) is 0 Å². The van der Waals surface area contributed by atoms with E-state index in [0.29, 0.717) is 12.4 Å². The molecule has 0 spiro atoms. The second-order valence-electron chi connectivity index (χ2n) is 10.6. The van der Waals surface area contributed by atoms with Gasteiger partial charge in [-0.1, -0.05) is 14.9 Å². The van der Waals surface area contributed by atoms with Crippen LogP contribution in [0.15, 0.2) is 24.5 Å². The van der Waals surface area contributed by atoms with Crippen molar-refractivity contribution >= 4 is 23.6 Å². The smallest absolute Gasteiger partial charge is 0.204 e. The van der Waals surface area contributed by atoms with Gasteiger partial charge in [0.2, 0.25) is 6.41 Å². The van der Waals surface area contributed by atoms with Gasteiger partial charge in [0.1, 0.15) is 17.4 Å². The van der Waals surface area contributed by atoms with E-state index >= 15 is 0 Å². The van der Waals surface area contributed by atoms with Crippen molar-refractivity contribution in [3.8, 4) is 0 Å². The fourth-order valence-corrected chi connectivity index (χ4v) is 4.22. The minimum Gasteiger partial charge on any atom is -0.375 e. The van der Waals surface area contributed by atoms with Gasteiger partial charge in [-0.3, -0.25) is 4.79 Å². The number of nitrogens with two attached hydrogens (primary N) is 1. The molecular weight excluding hydrogens is 486 g/mol. The Morgan fingerprint density at radius 1 is 1.26 bits per heavy atom. The highest BCUT2D eigenvalue weighted by molar-refractivity contribution is 5.72. The number of primary amides is 1. The molecule has 0 aromatic carbocycles. The molecular formula is C27H45N7O4. The summed E-state index contributed by atoms with van der Waals surface area (Å²) in [6.45, 7) is 11.2. The number of rotatable bonds is 7. The van der Waals surface area contributed by atoms with Crippen molar-refractivity contribution in [1.82, 2.24) is 24.4 Å². The summed E-state index contributed by atoms with van der Waals surface area (Å²) in [5, 5.41) is 13.1. The van der Waals surface area contributed by atoms with Crippen molar-refractivity contribution in [3.05, 3.63) is 35.9 Å². The highest BCUT2D eigenvalue weighted by Gasteiger charge is 2.43. The third kappa shape index (κ3) is 6.89. The summed E-state index contributed by atoms with van der Waals surface area (Å²) in [7, 11) is 1.68. The Kier molecular flexibility index (Phi) is 10.0. The summed E-state index contributed by atoms with van der Waals surface area (Å²) in [5.74, 6) is 1.58. The minimum absolute atomic E-state index is 0. The number of hydrogen-bond acceptors (Lipinski definition) is 8. The zero-order valence-electron chi connectivity index (χ0n) is 21.9. The van der Waals surface area contributed by atoms with Gasteiger partial charge in [-0.2, -0.15) is 10.2 Å². The summed E-state index contributed by atoms with van der Waals surface area (Å²) in [5.41, 5.74) is 6.64. The van der Waals surface area contributed by atoms with Gasteiger partial charge < -0.3 is 25.3 Å². The van der Waals surface area contributed by atoms with Gasteiger partial charge in [0, 0.05) is 32.0 Å². The van der Waals surface area contributed by atoms with Crippen LogP contribution in [0.25, 0.3) is 5.52 Å². The monoisotopic (exact) mass is 531 g/mol. The van der Waals surface area contributed by atoms with Crippen LogP contribution in [0.4, 0.5) is 11.6 Å². The predicted octanol–water partition coefficient (Wildman–Crippen LogP) is 4.90. The van der Waals surface area contributed by atoms with Gasteiger partial charge in [-0.05, 0) is 53.5 Å².